The van der Waals surface area contributed by atoms with Crippen molar-refractivity contribution in [3.8, 4) is 22.3 Å². The van der Waals surface area contributed by atoms with Gasteiger partial charge in [-0.05, 0) is 28.3 Å². The van der Waals surface area contributed by atoms with E-state index in [1.54, 1.807) is 0 Å². The van der Waals surface area contributed by atoms with Gasteiger partial charge in [-0.1, -0.05) is 103 Å². The van der Waals surface area contributed by atoms with E-state index in [2.05, 4.69) is 119 Å². The fourth-order valence-electron chi connectivity index (χ4n) is 4.56. The summed E-state index contributed by atoms with van der Waals surface area (Å²) >= 11 is 0. The van der Waals surface area contributed by atoms with Crippen molar-refractivity contribution >= 4 is 5.69 Å². The van der Waals surface area contributed by atoms with Gasteiger partial charge in [-0.3, -0.25) is 4.90 Å². The summed E-state index contributed by atoms with van der Waals surface area (Å²) in [4.78, 5) is 5.13. The zero-order chi connectivity index (χ0) is 20.9. The third-order valence-corrected chi connectivity index (χ3v) is 6.20. The van der Waals surface area contributed by atoms with Gasteiger partial charge in [0.25, 0.3) is 0 Å². The van der Waals surface area contributed by atoms with Gasteiger partial charge in [0.05, 0.1) is 0 Å². The molecule has 0 spiro atoms. The number of piperazine rings is 1. The smallest absolute Gasteiger partial charge is 0.0446 e. The van der Waals surface area contributed by atoms with E-state index in [4.69, 9.17) is 0 Å². The maximum atomic E-state index is 2.59. The second-order valence-electron chi connectivity index (χ2n) is 8.17. The predicted molar refractivity (Wildman–Crippen MR) is 131 cm³/mol. The average Bonchev–Trinajstić information content (AvgIpc) is 2.86. The molecule has 4 aromatic carbocycles. The molecule has 0 radical (unpaired) electrons. The summed E-state index contributed by atoms with van der Waals surface area (Å²) in [5.74, 6) is 0. The van der Waals surface area contributed by atoms with Crippen LogP contribution in [0.5, 0.6) is 0 Å². The molecule has 0 bridgehead atoms. The van der Waals surface area contributed by atoms with E-state index >= 15 is 0 Å². The van der Waals surface area contributed by atoms with Gasteiger partial charge in [0.2, 0.25) is 0 Å². The molecule has 1 heterocycles. The zero-order valence-electron chi connectivity index (χ0n) is 17.8. The van der Waals surface area contributed by atoms with E-state index < -0.39 is 0 Å². The van der Waals surface area contributed by atoms with Gasteiger partial charge in [0.15, 0.2) is 0 Å². The monoisotopic (exact) mass is 404 g/mol. The molecule has 0 N–H and O–H groups in total. The molecule has 0 saturated carbocycles. The van der Waals surface area contributed by atoms with Crippen molar-refractivity contribution in [2.24, 2.45) is 0 Å². The van der Waals surface area contributed by atoms with Crippen molar-refractivity contribution in [1.29, 1.82) is 0 Å². The Hall–Kier alpha value is -3.36. The quantitative estimate of drug-likeness (QED) is 0.383. The van der Waals surface area contributed by atoms with E-state index in [0.29, 0.717) is 0 Å². The fourth-order valence-corrected chi connectivity index (χ4v) is 4.56. The number of para-hydroxylation sites is 1. The molecule has 2 nitrogen and oxygen atoms in total. The van der Waals surface area contributed by atoms with Gasteiger partial charge in [0, 0.05) is 44.0 Å². The van der Waals surface area contributed by atoms with Crippen LogP contribution in [0.15, 0.2) is 109 Å². The lowest BCUT2D eigenvalue weighted by atomic mass is 9.99. The first kappa shape index (κ1) is 19.6. The lowest BCUT2D eigenvalue weighted by Gasteiger charge is -2.37. The molecule has 0 amide bonds. The van der Waals surface area contributed by atoms with Gasteiger partial charge in [-0.15, -0.1) is 0 Å². The van der Waals surface area contributed by atoms with Crippen LogP contribution in [0.2, 0.25) is 0 Å². The van der Waals surface area contributed by atoms with Crippen molar-refractivity contribution in [2.75, 3.05) is 31.1 Å². The van der Waals surface area contributed by atoms with Gasteiger partial charge in [0.1, 0.15) is 0 Å². The molecule has 0 unspecified atom stereocenters. The Morgan fingerprint density at radius 1 is 0.484 bits per heavy atom. The van der Waals surface area contributed by atoms with Crippen LogP contribution in [0, 0.1) is 0 Å². The Balaban J connectivity index is 1.30. The molecule has 154 valence electrons. The van der Waals surface area contributed by atoms with Crippen LogP contribution in [0.1, 0.15) is 5.56 Å². The Morgan fingerprint density at radius 3 is 1.68 bits per heavy atom. The van der Waals surface area contributed by atoms with Gasteiger partial charge in [-0.2, -0.15) is 0 Å². The Kier molecular flexibility index (Phi) is 5.81. The molecular formula is C29H28N2. The first-order chi connectivity index (χ1) is 15.4. The van der Waals surface area contributed by atoms with Crippen LogP contribution < -0.4 is 4.90 Å². The maximum Gasteiger partial charge on any atom is 0.0446 e. The van der Waals surface area contributed by atoms with Crippen LogP contribution in [0.4, 0.5) is 5.69 Å². The van der Waals surface area contributed by atoms with E-state index in [1.165, 1.54) is 33.5 Å². The zero-order valence-corrected chi connectivity index (χ0v) is 17.8. The van der Waals surface area contributed by atoms with Crippen LogP contribution >= 0.6 is 0 Å². The SMILES string of the molecule is c1ccc(-c2ccccc2CN2CCN(c3ccccc3-c3ccccc3)CC2)cc1. The summed E-state index contributed by atoms with van der Waals surface area (Å²) in [5, 5.41) is 0. The first-order valence-electron chi connectivity index (χ1n) is 11.1. The third-order valence-electron chi connectivity index (χ3n) is 6.20. The average molecular weight is 405 g/mol. The molecule has 1 fully saturated rings. The van der Waals surface area contributed by atoms with Crippen molar-refractivity contribution < 1.29 is 0 Å². The number of rotatable bonds is 5. The van der Waals surface area contributed by atoms with E-state index in [9.17, 15) is 0 Å². The second kappa shape index (κ2) is 9.20. The minimum Gasteiger partial charge on any atom is -0.368 e. The normalized spacial score (nSPS) is 14.5. The van der Waals surface area contributed by atoms with Gasteiger partial charge >= 0.3 is 0 Å². The largest absolute Gasteiger partial charge is 0.368 e. The minimum atomic E-state index is 0.999. The van der Waals surface area contributed by atoms with Crippen molar-refractivity contribution in [2.45, 2.75) is 6.54 Å². The van der Waals surface area contributed by atoms with Crippen LogP contribution in [-0.2, 0) is 6.54 Å². The minimum absolute atomic E-state index is 0.999. The van der Waals surface area contributed by atoms with Crippen molar-refractivity contribution in [3.05, 3.63) is 115 Å². The van der Waals surface area contributed by atoms with Gasteiger partial charge < -0.3 is 4.90 Å². The molecule has 0 aliphatic carbocycles. The van der Waals surface area contributed by atoms with Crippen LogP contribution in [-0.4, -0.2) is 31.1 Å². The van der Waals surface area contributed by atoms with E-state index in [0.717, 1.165) is 32.7 Å². The first-order valence-corrected chi connectivity index (χ1v) is 11.1. The van der Waals surface area contributed by atoms with Crippen LogP contribution in [0.25, 0.3) is 22.3 Å². The molecule has 1 saturated heterocycles. The molecule has 1 aliphatic rings. The Labute approximate surface area is 185 Å². The lowest BCUT2D eigenvalue weighted by Crippen LogP contribution is -2.46. The van der Waals surface area contributed by atoms with Gasteiger partial charge in [-0.25, -0.2) is 0 Å². The highest BCUT2D eigenvalue weighted by Gasteiger charge is 2.20. The summed E-state index contributed by atoms with van der Waals surface area (Å²) < 4.78 is 0. The molecule has 4 aromatic rings. The summed E-state index contributed by atoms with van der Waals surface area (Å²) in [6.07, 6.45) is 0. The highest BCUT2D eigenvalue weighted by atomic mass is 15.3. The Morgan fingerprint density at radius 2 is 1.00 bits per heavy atom. The summed E-state index contributed by atoms with van der Waals surface area (Å²) in [5.41, 5.74) is 8.02. The topological polar surface area (TPSA) is 6.48 Å². The third kappa shape index (κ3) is 4.40. The highest BCUT2D eigenvalue weighted by Crippen LogP contribution is 2.31. The Bertz CT molecular complexity index is 1110. The molecule has 1 aliphatic heterocycles. The fraction of sp³-hybridized carbons (Fsp3) is 0.172. The number of anilines is 1. The number of hydrogen-bond acceptors (Lipinski definition) is 2. The highest BCUT2D eigenvalue weighted by molar-refractivity contribution is 5.78. The molecule has 2 heteroatoms. The van der Waals surface area contributed by atoms with E-state index in [1.807, 2.05) is 0 Å². The molecule has 0 atom stereocenters. The molecular weight excluding hydrogens is 376 g/mol. The van der Waals surface area contributed by atoms with Crippen molar-refractivity contribution in [1.82, 2.24) is 4.90 Å². The molecule has 31 heavy (non-hydrogen) atoms. The molecule has 0 aromatic heterocycles. The summed E-state index contributed by atoms with van der Waals surface area (Å²) in [7, 11) is 0. The summed E-state index contributed by atoms with van der Waals surface area (Å²) in [6.45, 7) is 5.26. The number of nitrogens with zero attached hydrogens (tertiary/aromatic N) is 2. The maximum absolute atomic E-state index is 2.59. The predicted octanol–water partition coefficient (Wildman–Crippen LogP) is 6.34. The number of hydrogen-bond donors (Lipinski definition) is 0. The standard InChI is InChI=1S/C29H28N2/c1-3-11-24(12-4-1)27-16-8-7-15-26(27)23-30-19-21-31(22-20-30)29-18-10-9-17-28(29)25-13-5-2-6-14-25/h1-18H,19-23H2. The second-order valence-corrected chi connectivity index (χ2v) is 8.17. The summed E-state index contributed by atoms with van der Waals surface area (Å²) in [6, 6.07) is 39.1. The van der Waals surface area contributed by atoms with Crippen molar-refractivity contribution in [3.63, 3.8) is 0 Å². The van der Waals surface area contributed by atoms with Crippen LogP contribution in [0.3, 0.4) is 0 Å². The molecule has 5 rings (SSSR count). The number of benzene rings is 4. The van der Waals surface area contributed by atoms with E-state index in [-0.39, 0.29) is 0 Å². The lowest BCUT2D eigenvalue weighted by molar-refractivity contribution is 0.250.